The Hall–Kier alpha value is -4.01. The van der Waals surface area contributed by atoms with Gasteiger partial charge in [0.2, 0.25) is 11.8 Å². The number of carbonyl (C=O) groups excluding carboxylic acids is 3. The van der Waals surface area contributed by atoms with Gasteiger partial charge in [-0.05, 0) is 54.2 Å². The van der Waals surface area contributed by atoms with Gasteiger partial charge in [-0.3, -0.25) is 14.4 Å². The largest absolute Gasteiger partial charge is 0.494 e. The van der Waals surface area contributed by atoms with E-state index in [0.29, 0.717) is 45.5 Å². The van der Waals surface area contributed by atoms with Gasteiger partial charge in [0.1, 0.15) is 5.75 Å². The molecule has 0 bridgehead atoms. The van der Waals surface area contributed by atoms with Crippen LogP contribution in [-0.4, -0.2) is 42.8 Å². The van der Waals surface area contributed by atoms with Crippen LogP contribution in [0.3, 0.4) is 0 Å². The molecule has 2 amide bonds. The zero-order valence-electron chi connectivity index (χ0n) is 24.0. The van der Waals surface area contributed by atoms with Crippen LogP contribution in [0.1, 0.15) is 48.9 Å². The van der Waals surface area contributed by atoms with Crippen molar-refractivity contribution in [2.45, 2.75) is 64.7 Å². The first-order valence-corrected chi connectivity index (χ1v) is 14.3. The molecule has 0 aliphatic rings. The normalized spacial score (nSPS) is 12.3. The Bertz CT molecular complexity index is 1230. The number of carbonyl (C=O) groups is 3. The number of ketones is 1. The molecule has 0 aliphatic carbocycles. The maximum atomic E-state index is 13.3. The molecule has 2 atom stereocenters. The fourth-order valence-corrected chi connectivity index (χ4v) is 4.42. The van der Waals surface area contributed by atoms with E-state index in [0.717, 1.165) is 28.0 Å². The number of rotatable bonds is 17. The average Bonchev–Trinajstić information content (AvgIpc) is 3.00. The molecule has 0 heterocycles. The van der Waals surface area contributed by atoms with Crippen LogP contribution in [0, 0.1) is 0 Å². The molecule has 0 aromatic heterocycles. The zero-order valence-corrected chi connectivity index (χ0v) is 24.0. The molecule has 0 saturated carbocycles. The topological polar surface area (TPSA) is 123 Å². The SMILES string of the molecule is CCOc1ccc(C[C@@H](NC(=O)CC)C(=O)CCN[C@H](Cc2ccccc2)C(=O)NCc2ccc(CN)cc2)cc1. The van der Waals surface area contributed by atoms with Gasteiger partial charge in [0.15, 0.2) is 5.78 Å². The van der Waals surface area contributed by atoms with Crippen molar-refractivity contribution >= 4 is 17.6 Å². The van der Waals surface area contributed by atoms with E-state index in [-0.39, 0.29) is 24.0 Å². The van der Waals surface area contributed by atoms with E-state index in [1.165, 1.54) is 0 Å². The summed E-state index contributed by atoms with van der Waals surface area (Å²) >= 11 is 0. The molecule has 0 saturated heterocycles. The number of hydrogen-bond acceptors (Lipinski definition) is 6. The van der Waals surface area contributed by atoms with E-state index >= 15 is 0 Å². The Morgan fingerprint density at radius 3 is 2.02 bits per heavy atom. The Morgan fingerprint density at radius 2 is 1.39 bits per heavy atom. The number of nitrogens with one attached hydrogen (secondary N) is 3. The second-order valence-corrected chi connectivity index (χ2v) is 9.91. The summed E-state index contributed by atoms with van der Waals surface area (Å²) in [6.07, 6.45) is 1.33. The predicted octanol–water partition coefficient (Wildman–Crippen LogP) is 3.46. The summed E-state index contributed by atoms with van der Waals surface area (Å²) in [5, 5.41) is 9.16. The zero-order chi connectivity index (χ0) is 29.5. The van der Waals surface area contributed by atoms with Crippen LogP contribution >= 0.6 is 0 Å². The van der Waals surface area contributed by atoms with Gasteiger partial charge in [0.05, 0.1) is 18.7 Å². The summed E-state index contributed by atoms with van der Waals surface area (Å²) in [6, 6.07) is 23.9. The van der Waals surface area contributed by atoms with Crippen molar-refractivity contribution in [3.63, 3.8) is 0 Å². The number of nitrogens with two attached hydrogens (primary N) is 1. The smallest absolute Gasteiger partial charge is 0.237 e. The van der Waals surface area contributed by atoms with Crippen molar-refractivity contribution in [3.05, 3.63) is 101 Å². The number of amides is 2. The summed E-state index contributed by atoms with van der Waals surface area (Å²) in [6.45, 7) is 5.42. The van der Waals surface area contributed by atoms with E-state index in [9.17, 15) is 14.4 Å². The molecule has 8 heteroatoms. The molecule has 0 radical (unpaired) electrons. The van der Waals surface area contributed by atoms with Crippen molar-refractivity contribution in [2.75, 3.05) is 13.2 Å². The molecular formula is C33H42N4O4. The third-order valence-electron chi connectivity index (χ3n) is 6.81. The van der Waals surface area contributed by atoms with Gasteiger partial charge in [-0.1, -0.05) is 73.7 Å². The van der Waals surface area contributed by atoms with Crippen LogP contribution in [0.5, 0.6) is 5.75 Å². The van der Waals surface area contributed by atoms with Crippen molar-refractivity contribution in [1.29, 1.82) is 0 Å². The highest BCUT2D eigenvalue weighted by atomic mass is 16.5. The molecule has 0 spiro atoms. The van der Waals surface area contributed by atoms with Gasteiger partial charge in [-0.25, -0.2) is 0 Å². The minimum absolute atomic E-state index is 0.0907. The molecule has 3 aromatic rings. The Balaban J connectivity index is 1.62. The van der Waals surface area contributed by atoms with Crippen LogP contribution in [0.2, 0.25) is 0 Å². The highest BCUT2D eigenvalue weighted by molar-refractivity contribution is 5.89. The maximum Gasteiger partial charge on any atom is 0.237 e. The first-order chi connectivity index (χ1) is 19.9. The second kappa shape index (κ2) is 16.9. The molecule has 0 aliphatic heterocycles. The van der Waals surface area contributed by atoms with Gasteiger partial charge in [0.25, 0.3) is 0 Å². The van der Waals surface area contributed by atoms with Gasteiger partial charge < -0.3 is 26.4 Å². The lowest BCUT2D eigenvalue weighted by Crippen LogP contribution is -2.47. The van der Waals surface area contributed by atoms with Crippen LogP contribution in [-0.2, 0) is 40.3 Å². The number of Topliss-reactive ketones (excluding diaryl/α,β-unsaturated/α-hetero) is 1. The third-order valence-corrected chi connectivity index (χ3v) is 6.81. The van der Waals surface area contributed by atoms with Gasteiger partial charge >= 0.3 is 0 Å². The number of benzene rings is 3. The van der Waals surface area contributed by atoms with Crippen LogP contribution < -0.4 is 26.4 Å². The highest BCUT2D eigenvalue weighted by Gasteiger charge is 2.23. The molecule has 5 N–H and O–H groups in total. The average molecular weight is 559 g/mol. The molecule has 3 rings (SSSR count). The maximum absolute atomic E-state index is 13.3. The summed E-state index contributed by atoms with van der Waals surface area (Å²) in [5.74, 6) is 0.348. The first-order valence-electron chi connectivity index (χ1n) is 14.3. The molecule has 8 nitrogen and oxygen atoms in total. The standard InChI is InChI=1S/C33H42N4O4/c1-3-32(39)37-29(20-25-14-16-28(17-15-25)41-4-2)31(38)18-19-35-30(21-24-8-6-5-7-9-24)33(40)36-23-27-12-10-26(22-34)11-13-27/h5-17,29-30,35H,3-4,18-23,34H2,1-2H3,(H,36,40)(H,37,39)/t29-,30-/m1/s1. The van der Waals surface area contributed by atoms with E-state index in [2.05, 4.69) is 16.0 Å². The summed E-state index contributed by atoms with van der Waals surface area (Å²) in [4.78, 5) is 38.7. The van der Waals surface area contributed by atoms with E-state index in [1.54, 1.807) is 6.92 Å². The summed E-state index contributed by atoms with van der Waals surface area (Å²) in [7, 11) is 0. The van der Waals surface area contributed by atoms with Crippen molar-refractivity contribution in [2.24, 2.45) is 5.73 Å². The molecule has 0 unspecified atom stereocenters. The Labute approximate surface area is 243 Å². The molecule has 41 heavy (non-hydrogen) atoms. The van der Waals surface area contributed by atoms with Crippen LogP contribution in [0.25, 0.3) is 0 Å². The summed E-state index contributed by atoms with van der Waals surface area (Å²) < 4.78 is 5.50. The van der Waals surface area contributed by atoms with Crippen molar-refractivity contribution < 1.29 is 19.1 Å². The second-order valence-electron chi connectivity index (χ2n) is 9.91. The third kappa shape index (κ3) is 10.8. The van der Waals surface area contributed by atoms with E-state index < -0.39 is 12.1 Å². The minimum atomic E-state index is -0.653. The van der Waals surface area contributed by atoms with E-state index in [4.69, 9.17) is 10.5 Å². The molecule has 218 valence electrons. The lowest BCUT2D eigenvalue weighted by atomic mass is 9.99. The lowest BCUT2D eigenvalue weighted by Gasteiger charge is -2.21. The van der Waals surface area contributed by atoms with Gasteiger partial charge in [-0.15, -0.1) is 0 Å². The molecule has 0 fully saturated rings. The quantitative estimate of drug-likeness (QED) is 0.201. The van der Waals surface area contributed by atoms with Gasteiger partial charge in [-0.2, -0.15) is 0 Å². The predicted molar refractivity (Wildman–Crippen MR) is 161 cm³/mol. The number of ether oxygens (including phenoxy) is 1. The minimum Gasteiger partial charge on any atom is -0.494 e. The lowest BCUT2D eigenvalue weighted by molar-refractivity contribution is -0.127. The van der Waals surface area contributed by atoms with Crippen molar-refractivity contribution in [3.8, 4) is 5.75 Å². The fraction of sp³-hybridized carbons (Fsp3) is 0.364. The Morgan fingerprint density at radius 1 is 0.780 bits per heavy atom. The first kappa shape index (κ1) is 31.5. The molecular weight excluding hydrogens is 516 g/mol. The summed E-state index contributed by atoms with van der Waals surface area (Å²) in [5.41, 5.74) is 9.63. The molecule has 3 aromatic carbocycles. The van der Waals surface area contributed by atoms with E-state index in [1.807, 2.05) is 85.8 Å². The monoisotopic (exact) mass is 558 g/mol. The van der Waals surface area contributed by atoms with Gasteiger partial charge in [0, 0.05) is 32.5 Å². The fourth-order valence-electron chi connectivity index (χ4n) is 4.42. The number of hydrogen-bond donors (Lipinski definition) is 4. The van der Waals surface area contributed by atoms with Crippen LogP contribution in [0.4, 0.5) is 0 Å². The van der Waals surface area contributed by atoms with Crippen LogP contribution in [0.15, 0.2) is 78.9 Å². The highest BCUT2D eigenvalue weighted by Crippen LogP contribution is 2.14. The van der Waals surface area contributed by atoms with Crippen molar-refractivity contribution in [1.82, 2.24) is 16.0 Å². The Kier molecular flexibility index (Phi) is 13.0.